The molecule has 0 fully saturated rings. The molecule has 0 aliphatic rings. The van der Waals surface area contributed by atoms with Gasteiger partial charge in [-0.05, 0) is 36.2 Å². The van der Waals surface area contributed by atoms with Crippen LogP contribution in [0, 0.1) is 18.3 Å². The molecule has 0 aliphatic carbocycles. The van der Waals surface area contributed by atoms with Gasteiger partial charge in [-0.15, -0.1) is 15.2 Å². The summed E-state index contributed by atoms with van der Waals surface area (Å²) >= 11 is 7.09. The average Bonchev–Trinajstić information content (AvgIpc) is 3.17. The molecule has 1 unspecified atom stereocenters. The molecule has 1 atom stereocenters. The Kier molecular flexibility index (Phi) is 5.48. The van der Waals surface area contributed by atoms with Crippen LogP contribution < -0.4 is 3.82 Å². The van der Waals surface area contributed by atoms with Crippen molar-refractivity contribution in [2.45, 2.75) is 17.9 Å². The van der Waals surface area contributed by atoms with Crippen molar-refractivity contribution < 1.29 is 13.5 Å². The monoisotopic (exact) mass is 419 g/mol. The summed E-state index contributed by atoms with van der Waals surface area (Å²) in [4.78, 5) is 4.26. The quantitative estimate of drug-likeness (QED) is 0.635. The molecule has 1 N–H and O–H groups in total. The van der Waals surface area contributed by atoms with Gasteiger partial charge in [-0.3, -0.25) is 0 Å². The Labute approximate surface area is 166 Å². The van der Waals surface area contributed by atoms with Crippen LogP contribution in [0.15, 0.2) is 58.8 Å². The van der Waals surface area contributed by atoms with Crippen LogP contribution in [0.2, 0.25) is 0 Å². The maximum absolute atomic E-state index is 12.7. The summed E-state index contributed by atoms with van der Waals surface area (Å²) in [7, 11) is -3.98. The van der Waals surface area contributed by atoms with Crippen molar-refractivity contribution >= 4 is 38.3 Å². The van der Waals surface area contributed by atoms with Crippen molar-refractivity contribution in [3.63, 3.8) is 0 Å². The second kappa shape index (κ2) is 7.66. The van der Waals surface area contributed by atoms with Gasteiger partial charge in [-0.2, -0.15) is 13.7 Å². The smallest absolute Gasteiger partial charge is 0.280 e. The van der Waals surface area contributed by atoms with Crippen LogP contribution in [-0.2, 0) is 10.0 Å². The molecule has 1 heterocycles. The van der Waals surface area contributed by atoms with Crippen LogP contribution in [-0.4, -0.2) is 18.5 Å². The minimum Gasteiger partial charge on any atom is -0.382 e. The number of halogens is 1. The van der Waals surface area contributed by atoms with Crippen LogP contribution in [0.25, 0.3) is 0 Å². The number of anilines is 1. The van der Waals surface area contributed by atoms with E-state index in [2.05, 4.69) is 4.98 Å². The van der Waals surface area contributed by atoms with Gasteiger partial charge in [-0.25, -0.2) is 4.98 Å². The maximum Gasteiger partial charge on any atom is 0.280 e. The minimum absolute atomic E-state index is 0.0302. The van der Waals surface area contributed by atoms with Gasteiger partial charge in [-0.1, -0.05) is 30.3 Å². The number of benzene rings is 2. The molecule has 6 nitrogen and oxygen atoms in total. The molecule has 138 valence electrons. The van der Waals surface area contributed by atoms with Gasteiger partial charge in [0.1, 0.15) is 6.10 Å². The number of rotatable bonds is 5. The number of aromatic nitrogens is 1. The van der Waals surface area contributed by atoms with E-state index in [-0.39, 0.29) is 15.7 Å². The molecule has 0 spiro atoms. The SMILES string of the molecule is Cc1ccccc1S(=O)(=O)N(Cl)c1nc(C(O)c2ccc(C#N)cc2)cs1. The average molecular weight is 420 g/mol. The fourth-order valence-electron chi connectivity index (χ4n) is 2.43. The number of hydrogen-bond donors (Lipinski definition) is 1. The van der Waals surface area contributed by atoms with Gasteiger partial charge >= 0.3 is 0 Å². The summed E-state index contributed by atoms with van der Waals surface area (Å²) in [6.07, 6.45) is -1.06. The van der Waals surface area contributed by atoms with Crippen LogP contribution in [0.4, 0.5) is 5.13 Å². The summed E-state index contributed by atoms with van der Waals surface area (Å²) in [5, 5.41) is 20.9. The first-order valence-corrected chi connectivity index (χ1v) is 10.4. The van der Waals surface area contributed by atoms with E-state index in [4.69, 9.17) is 17.0 Å². The zero-order valence-corrected chi connectivity index (χ0v) is 16.5. The summed E-state index contributed by atoms with van der Waals surface area (Å²) in [5.74, 6) is 0. The molecule has 0 radical (unpaired) electrons. The van der Waals surface area contributed by atoms with Crippen LogP contribution in [0.1, 0.15) is 28.5 Å². The van der Waals surface area contributed by atoms with Gasteiger partial charge < -0.3 is 5.11 Å². The van der Waals surface area contributed by atoms with E-state index in [9.17, 15) is 13.5 Å². The van der Waals surface area contributed by atoms with E-state index in [1.54, 1.807) is 54.8 Å². The topological polar surface area (TPSA) is 94.3 Å². The lowest BCUT2D eigenvalue weighted by molar-refractivity contribution is 0.216. The Bertz CT molecular complexity index is 1110. The molecule has 3 rings (SSSR count). The largest absolute Gasteiger partial charge is 0.382 e. The molecule has 9 heteroatoms. The van der Waals surface area contributed by atoms with Gasteiger partial charge in [0, 0.05) is 17.2 Å². The summed E-state index contributed by atoms with van der Waals surface area (Å²) < 4.78 is 26.1. The molecule has 0 saturated heterocycles. The van der Waals surface area contributed by atoms with Crippen LogP contribution in [0.5, 0.6) is 0 Å². The van der Waals surface area contributed by atoms with Crippen molar-refractivity contribution in [1.82, 2.24) is 4.98 Å². The highest BCUT2D eigenvalue weighted by Crippen LogP contribution is 2.33. The van der Waals surface area contributed by atoms with Crippen molar-refractivity contribution in [2.75, 3.05) is 3.82 Å². The van der Waals surface area contributed by atoms with E-state index in [1.165, 1.54) is 6.07 Å². The lowest BCUT2D eigenvalue weighted by Crippen LogP contribution is -2.22. The number of nitriles is 1. The third-order valence-electron chi connectivity index (χ3n) is 3.88. The summed E-state index contributed by atoms with van der Waals surface area (Å²) in [6, 6.07) is 14.9. The van der Waals surface area contributed by atoms with Crippen molar-refractivity contribution in [2.24, 2.45) is 0 Å². The predicted octanol–water partition coefficient (Wildman–Crippen LogP) is 3.75. The molecule has 0 saturated carbocycles. The Morgan fingerprint density at radius 1 is 1.22 bits per heavy atom. The number of aryl methyl sites for hydroxylation is 1. The van der Waals surface area contributed by atoms with Gasteiger partial charge in [0.2, 0.25) is 5.13 Å². The predicted molar refractivity (Wildman–Crippen MR) is 104 cm³/mol. The van der Waals surface area contributed by atoms with Gasteiger partial charge in [0.05, 0.1) is 22.2 Å². The Balaban J connectivity index is 1.88. The number of aliphatic hydroxyl groups excluding tert-OH is 1. The second-order valence-corrected chi connectivity index (χ2v) is 8.81. The molecular formula is C18H14ClN3O3S2. The maximum atomic E-state index is 12.7. The third kappa shape index (κ3) is 3.82. The summed E-state index contributed by atoms with van der Waals surface area (Å²) in [6.45, 7) is 1.68. The van der Waals surface area contributed by atoms with E-state index in [0.717, 1.165) is 11.3 Å². The zero-order valence-electron chi connectivity index (χ0n) is 14.1. The Morgan fingerprint density at radius 2 is 1.89 bits per heavy atom. The molecular weight excluding hydrogens is 406 g/mol. The van der Waals surface area contributed by atoms with Crippen LogP contribution in [0.3, 0.4) is 0 Å². The first-order valence-electron chi connectivity index (χ1n) is 7.75. The van der Waals surface area contributed by atoms with E-state index < -0.39 is 16.1 Å². The second-order valence-electron chi connectivity index (χ2n) is 5.68. The zero-order chi connectivity index (χ0) is 19.6. The molecule has 27 heavy (non-hydrogen) atoms. The highest BCUT2D eigenvalue weighted by atomic mass is 35.5. The van der Waals surface area contributed by atoms with Crippen LogP contribution >= 0.6 is 23.1 Å². The van der Waals surface area contributed by atoms with Crippen molar-refractivity contribution in [1.29, 1.82) is 5.26 Å². The first kappa shape index (κ1) is 19.3. The minimum atomic E-state index is -3.98. The first-order chi connectivity index (χ1) is 12.8. The molecule has 0 amide bonds. The highest BCUT2D eigenvalue weighted by molar-refractivity contribution is 7.94. The fourth-order valence-corrected chi connectivity index (χ4v) is 5.03. The number of thiazole rings is 1. The molecule has 1 aromatic heterocycles. The number of hydrogen-bond acceptors (Lipinski definition) is 6. The number of aliphatic hydroxyl groups is 1. The van der Waals surface area contributed by atoms with Gasteiger partial charge in [0.15, 0.2) is 0 Å². The lowest BCUT2D eigenvalue weighted by atomic mass is 10.1. The molecule has 0 bridgehead atoms. The highest BCUT2D eigenvalue weighted by Gasteiger charge is 2.28. The molecule has 3 aromatic rings. The van der Waals surface area contributed by atoms with Crippen molar-refractivity contribution in [3.8, 4) is 6.07 Å². The Hall–Kier alpha value is -2.44. The Morgan fingerprint density at radius 3 is 2.52 bits per heavy atom. The summed E-state index contributed by atoms with van der Waals surface area (Å²) in [5.41, 5.74) is 1.85. The number of nitrogens with zero attached hydrogens (tertiary/aromatic N) is 3. The normalized spacial score (nSPS) is 12.4. The molecule has 0 aliphatic heterocycles. The van der Waals surface area contributed by atoms with E-state index in [0.29, 0.717) is 20.5 Å². The molecule has 2 aromatic carbocycles. The van der Waals surface area contributed by atoms with Gasteiger partial charge in [0.25, 0.3) is 10.0 Å². The third-order valence-corrected chi connectivity index (χ3v) is 7.25. The lowest BCUT2D eigenvalue weighted by Gasteiger charge is -2.14. The van der Waals surface area contributed by atoms with Crippen molar-refractivity contribution in [3.05, 3.63) is 76.3 Å². The standard InChI is InChI=1S/C18H14ClN3O3S2/c1-12-4-2-3-5-16(12)27(24,25)22(19)18-21-15(11-26-18)17(23)14-8-6-13(10-20)7-9-14/h2-9,11,17,23H,1H3. The van der Waals surface area contributed by atoms with E-state index >= 15 is 0 Å². The van der Waals surface area contributed by atoms with E-state index in [1.807, 2.05) is 6.07 Å². The number of sulfonamides is 1. The fraction of sp³-hybridized carbons (Fsp3) is 0.111.